The summed E-state index contributed by atoms with van der Waals surface area (Å²) in [5.74, 6) is 1.56. The zero-order valence-corrected chi connectivity index (χ0v) is 13.5. The number of aliphatic hydroxyl groups is 1. The third kappa shape index (κ3) is 3.74. The van der Waals surface area contributed by atoms with Crippen LogP contribution in [0.1, 0.15) is 51.1 Å². The third-order valence-corrected chi connectivity index (χ3v) is 4.60. The molecule has 1 aromatic heterocycles. The van der Waals surface area contributed by atoms with Gasteiger partial charge in [-0.05, 0) is 58.1 Å². The Morgan fingerprint density at radius 2 is 1.90 bits per heavy atom. The van der Waals surface area contributed by atoms with E-state index in [4.69, 9.17) is 9.84 Å². The molecule has 1 saturated carbocycles. The molecule has 0 amide bonds. The number of piperidine rings is 2. The summed E-state index contributed by atoms with van der Waals surface area (Å²) in [6.07, 6.45) is 7.52. The van der Waals surface area contributed by atoms with Crippen LogP contribution in [0.3, 0.4) is 0 Å². The van der Waals surface area contributed by atoms with Crippen molar-refractivity contribution in [1.82, 2.24) is 9.88 Å². The quantitative estimate of drug-likeness (QED) is 0.930. The number of hydrogen-bond acceptors (Lipinski definition) is 4. The Hall–Kier alpha value is -1.13. The van der Waals surface area contributed by atoms with Crippen molar-refractivity contribution in [3.8, 4) is 5.88 Å². The summed E-state index contributed by atoms with van der Waals surface area (Å²) in [6.45, 7) is 4.60. The topological polar surface area (TPSA) is 45.6 Å². The summed E-state index contributed by atoms with van der Waals surface area (Å²) in [7, 11) is 2.27. The highest BCUT2D eigenvalue weighted by Crippen LogP contribution is 2.46. The van der Waals surface area contributed by atoms with Crippen molar-refractivity contribution in [3.63, 3.8) is 0 Å². The van der Waals surface area contributed by atoms with Crippen molar-refractivity contribution in [1.29, 1.82) is 0 Å². The zero-order valence-electron chi connectivity index (χ0n) is 13.5. The van der Waals surface area contributed by atoms with Crippen LogP contribution in [-0.4, -0.2) is 41.3 Å². The molecule has 2 aliphatic heterocycles. The van der Waals surface area contributed by atoms with Crippen LogP contribution < -0.4 is 4.74 Å². The van der Waals surface area contributed by atoms with Gasteiger partial charge in [0.15, 0.2) is 0 Å². The first-order chi connectivity index (χ1) is 10.2. The molecule has 3 aliphatic rings. The lowest BCUT2D eigenvalue weighted by atomic mass is 9.73. The lowest BCUT2D eigenvalue weighted by Gasteiger charge is -2.50. The van der Waals surface area contributed by atoms with Gasteiger partial charge in [0.2, 0.25) is 5.88 Å². The second kappa shape index (κ2) is 7.76. The zero-order chi connectivity index (χ0) is 15.2. The minimum atomic E-state index is 0.250. The molecule has 0 spiro atoms. The largest absolute Gasteiger partial charge is 0.478 e. The van der Waals surface area contributed by atoms with Gasteiger partial charge in [-0.2, -0.15) is 0 Å². The molecule has 0 radical (unpaired) electrons. The predicted octanol–water partition coefficient (Wildman–Crippen LogP) is 3.02. The highest BCUT2D eigenvalue weighted by molar-refractivity contribution is 5.23. The molecular formula is C17H28N2O2. The van der Waals surface area contributed by atoms with Crippen molar-refractivity contribution >= 4 is 0 Å². The van der Waals surface area contributed by atoms with Crippen LogP contribution in [0, 0.1) is 5.92 Å². The van der Waals surface area contributed by atoms with E-state index in [9.17, 15) is 0 Å². The molecule has 4 nitrogen and oxygen atoms in total. The normalized spacial score (nSPS) is 27.9. The summed E-state index contributed by atoms with van der Waals surface area (Å²) in [4.78, 5) is 6.98. The van der Waals surface area contributed by atoms with E-state index in [2.05, 4.69) is 23.0 Å². The first-order valence-electron chi connectivity index (χ1n) is 8.12. The Morgan fingerprint density at radius 3 is 2.38 bits per heavy atom. The van der Waals surface area contributed by atoms with Crippen LogP contribution in [0.4, 0.5) is 0 Å². The summed E-state index contributed by atoms with van der Waals surface area (Å²) in [6, 6.07) is 5.56. The fourth-order valence-electron chi connectivity index (χ4n) is 3.69. The highest BCUT2D eigenvalue weighted by atomic mass is 16.5. The maximum Gasteiger partial charge on any atom is 0.213 e. The fourth-order valence-corrected chi connectivity index (χ4v) is 3.69. The van der Waals surface area contributed by atoms with Gasteiger partial charge in [0, 0.05) is 31.0 Å². The Kier molecular flexibility index (Phi) is 6.00. The molecule has 1 atom stereocenters. The van der Waals surface area contributed by atoms with Gasteiger partial charge in [0.25, 0.3) is 0 Å². The molecule has 1 N–H and O–H groups in total. The summed E-state index contributed by atoms with van der Waals surface area (Å²) in [5, 5.41) is 7.57. The molecule has 3 heterocycles. The van der Waals surface area contributed by atoms with E-state index >= 15 is 0 Å². The van der Waals surface area contributed by atoms with E-state index < -0.39 is 0 Å². The van der Waals surface area contributed by atoms with Crippen molar-refractivity contribution < 1.29 is 9.84 Å². The molecule has 1 unspecified atom stereocenters. The molecule has 4 rings (SSSR count). The summed E-state index contributed by atoms with van der Waals surface area (Å²) >= 11 is 0. The standard InChI is InChI=1S/C15H22N2O.C2H6O/c1-3-18-14-9-6-12(10-16-14)15-11-4-7-13(8-5-11)17(15)2;1-2-3/h6,9-11,13,15H,3-5,7-8H2,1-2H3;3H,2H2,1H3. The maximum atomic E-state index is 7.57. The smallest absolute Gasteiger partial charge is 0.213 e. The summed E-state index contributed by atoms with van der Waals surface area (Å²) in [5.41, 5.74) is 1.36. The Morgan fingerprint density at radius 1 is 1.24 bits per heavy atom. The number of aliphatic hydroxyl groups excluding tert-OH is 1. The number of pyridine rings is 1. The van der Waals surface area contributed by atoms with Crippen molar-refractivity contribution in [2.45, 2.75) is 51.6 Å². The number of rotatable bonds is 3. The van der Waals surface area contributed by atoms with E-state index in [1.807, 2.05) is 19.2 Å². The van der Waals surface area contributed by atoms with E-state index in [1.54, 1.807) is 6.92 Å². The number of ether oxygens (including phenoxy) is 1. The lowest BCUT2D eigenvalue weighted by molar-refractivity contribution is 0.00711. The Bertz CT molecular complexity index is 411. The Balaban J connectivity index is 0.000000497. The minimum absolute atomic E-state index is 0.250. The average molecular weight is 292 g/mol. The second-order valence-corrected chi connectivity index (χ2v) is 5.86. The fraction of sp³-hybridized carbons (Fsp3) is 0.706. The molecule has 1 aromatic rings. The lowest BCUT2D eigenvalue weighted by Crippen LogP contribution is -2.47. The van der Waals surface area contributed by atoms with E-state index in [0.29, 0.717) is 12.6 Å². The maximum absolute atomic E-state index is 7.57. The van der Waals surface area contributed by atoms with Gasteiger partial charge in [0.1, 0.15) is 0 Å². The third-order valence-electron chi connectivity index (χ3n) is 4.60. The second-order valence-electron chi connectivity index (χ2n) is 5.86. The van der Waals surface area contributed by atoms with Gasteiger partial charge >= 0.3 is 0 Å². The first kappa shape index (κ1) is 16.2. The molecule has 2 saturated heterocycles. The molecule has 4 heteroatoms. The monoisotopic (exact) mass is 292 g/mol. The van der Waals surface area contributed by atoms with Crippen LogP contribution >= 0.6 is 0 Å². The SMILES string of the molecule is CCO.CCOc1ccc(C2C3CCC(CC3)N2C)cn1. The van der Waals surface area contributed by atoms with Crippen molar-refractivity contribution in [2.24, 2.45) is 5.92 Å². The molecule has 1 aliphatic carbocycles. The first-order valence-corrected chi connectivity index (χ1v) is 8.12. The van der Waals surface area contributed by atoms with Crippen LogP contribution in [0.15, 0.2) is 18.3 Å². The number of nitrogens with zero attached hydrogens (tertiary/aromatic N) is 2. The van der Waals surface area contributed by atoms with Gasteiger partial charge in [0.05, 0.1) is 6.61 Å². The minimum Gasteiger partial charge on any atom is -0.478 e. The highest BCUT2D eigenvalue weighted by Gasteiger charge is 2.40. The van der Waals surface area contributed by atoms with Crippen LogP contribution in [-0.2, 0) is 0 Å². The van der Waals surface area contributed by atoms with Crippen LogP contribution in [0.2, 0.25) is 0 Å². The number of aromatic nitrogens is 1. The van der Waals surface area contributed by atoms with E-state index in [-0.39, 0.29) is 6.61 Å². The van der Waals surface area contributed by atoms with E-state index in [0.717, 1.165) is 17.8 Å². The average Bonchev–Trinajstić information content (AvgIpc) is 2.51. The van der Waals surface area contributed by atoms with Crippen LogP contribution in [0.5, 0.6) is 5.88 Å². The molecule has 21 heavy (non-hydrogen) atoms. The van der Waals surface area contributed by atoms with Gasteiger partial charge < -0.3 is 9.84 Å². The van der Waals surface area contributed by atoms with Gasteiger partial charge in [-0.1, -0.05) is 6.07 Å². The molecule has 2 bridgehead atoms. The Labute approximate surface area is 128 Å². The van der Waals surface area contributed by atoms with E-state index in [1.165, 1.54) is 31.2 Å². The molecule has 118 valence electrons. The van der Waals surface area contributed by atoms with Crippen molar-refractivity contribution in [2.75, 3.05) is 20.3 Å². The van der Waals surface area contributed by atoms with Gasteiger partial charge in [-0.15, -0.1) is 0 Å². The van der Waals surface area contributed by atoms with Crippen LogP contribution in [0.25, 0.3) is 0 Å². The van der Waals surface area contributed by atoms with Gasteiger partial charge in [-0.25, -0.2) is 4.98 Å². The predicted molar refractivity (Wildman–Crippen MR) is 84.4 cm³/mol. The molecule has 0 aromatic carbocycles. The van der Waals surface area contributed by atoms with Gasteiger partial charge in [-0.3, -0.25) is 4.90 Å². The number of fused-ring (bicyclic) bond motifs is 3. The number of hydrogen-bond donors (Lipinski definition) is 1. The molecule has 3 fully saturated rings. The molecular weight excluding hydrogens is 264 g/mol. The van der Waals surface area contributed by atoms with Crippen molar-refractivity contribution in [3.05, 3.63) is 23.9 Å². The summed E-state index contributed by atoms with van der Waals surface area (Å²) < 4.78 is 5.41.